The largest absolute Gasteiger partial charge is 0.341 e. The molecule has 138 valence electrons. The Morgan fingerprint density at radius 2 is 2.08 bits per heavy atom. The van der Waals surface area contributed by atoms with Crippen LogP contribution in [-0.2, 0) is 14.8 Å². The van der Waals surface area contributed by atoms with E-state index in [1.54, 1.807) is 4.90 Å². The Balaban J connectivity index is 1.64. The van der Waals surface area contributed by atoms with E-state index in [2.05, 4.69) is 4.72 Å². The van der Waals surface area contributed by atoms with Gasteiger partial charge >= 0.3 is 0 Å². The van der Waals surface area contributed by atoms with E-state index in [-0.39, 0.29) is 28.8 Å². The Hall–Kier alpha value is -1.51. The van der Waals surface area contributed by atoms with Gasteiger partial charge in [-0.3, -0.25) is 4.79 Å². The average Bonchev–Trinajstić information content (AvgIpc) is 3.00. The molecule has 0 bridgehead atoms. The van der Waals surface area contributed by atoms with Crippen molar-refractivity contribution in [3.63, 3.8) is 0 Å². The van der Waals surface area contributed by atoms with Crippen LogP contribution < -0.4 is 10.5 Å². The van der Waals surface area contributed by atoms with Crippen LogP contribution in [0.1, 0.15) is 32.1 Å². The van der Waals surface area contributed by atoms with Crippen molar-refractivity contribution in [2.75, 3.05) is 13.1 Å². The third kappa shape index (κ3) is 4.37. The SMILES string of the molecule is NC1CCC(C(=O)N2CCCC(NS(=O)(=O)c3cccc(F)c3)C2)C1. The molecular weight excluding hydrogens is 345 g/mol. The van der Waals surface area contributed by atoms with Gasteiger partial charge in [-0.05, 0) is 50.3 Å². The molecule has 3 rings (SSSR count). The van der Waals surface area contributed by atoms with Gasteiger partial charge < -0.3 is 10.6 Å². The van der Waals surface area contributed by atoms with Crippen molar-refractivity contribution in [3.8, 4) is 0 Å². The Morgan fingerprint density at radius 1 is 1.28 bits per heavy atom. The number of carbonyl (C=O) groups is 1. The highest BCUT2D eigenvalue weighted by atomic mass is 32.2. The van der Waals surface area contributed by atoms with E-state index < -0.39 is 15.8 Å². The van der Waals surface area contributed by atoms with Gasteiger partial charge in [-0.15, -0.1) is 0 Å². The first-order chi connectivity index (χ1) is 11.8. The first-order valence-electron chi connectivity index (χ1n) is 8.67. The second-order valence-corrected chi connectivity index (χ2v) is 8.69. The molecule has 1 aromatic rings. The molecule has 1 aromatic carbocycles. The predicted octanol–water partition coefficient (Wildman–Crippen LogP) is 1.22. The number of sulfonamides is 1. The lowest BCUT2D eigenvalue weighted by molar-refractivity contribution is -0.136. The van der Waals surface area contributed by atoms with Crippen molar-refractivity contribution >= 4 is 15.9 Å². The molecule has 2 fully saturated rings. The molecule has 3 N–H and O–H groups in total. The Kier molecular flexibility index (Phi) is 5.41. The standard InChI is InChI=1S/C17H24FN3O3S/c18-13-3-1-5-16(10-13)25(23,24)20-15-4-2-8-21(11-15)17(22)12-6-7-14(19)9-12/h1,3,5,10,12,14-15,20H,2,4,6-9,11,19H2. The van der Waals surface area contributed by atoms with E-state index in [9.17, 15) is 17.6 Å². The second kappa shape index (κ2) is 7.39. The third-order valence-electron chi connectivity index (χ3n) is 4.98. The minimum Gasteiger partial charge on any atom is -0.341 e. The molecule has 3 atom stereocenters. The van der Waals surface area contributed by atoms with E-state index in [1.165, 1.54) is 18.2 Å². The summed E-state index contributed by atoms with van der Waals surface area (Å²) < 4.78 is 40.8. The normalized spacial score (nSPS) is 27.4. The summed E-state index contributed by atoms with van der Waals surface area (Å²) in [5, 5.41) is 0. The van der Waals surface area contributed by atoms with E-state index >= 15 is 0 Å². The molecule has 1 saturated heterocycles. The van der Waals surface area contributed by atoms with E-state index in [1.807, 2.05) is 0 Å². The summed E-state index contributed by atoms with van der Waals surface area (Å²) in [7, 11) is -3.81. The first kappa shape index (κ1) is 18.3. The smallest absolute Gasteiger partial charge is 0.240 e. The molecule has 0 radical (unpaired) electrons. The molecule has 0 aromatic heterocycles. The Labute approximate surface area is 147 Å². The highest BCUT2D eigenvalue weighted by Crippen LogP contribution is 2.27. The molecule has 1 heterocycles. The topological polar surface area (TPSA) is 92.5 Å². The first-order valence-corrected chi connectivity index (χ1v) is 10.2. The number of nitrogens with two attached hydrogens (primary N) is 1. The molecule has 1 amide bonds. The molecular formula is C17H24FN3O3S. The number of amides is 1. The Bertz CT molecular complexity index is 740. The van der Waals surface area contributed by atoms with Crippen LogP contribution in [0.3, 0.4) is 0 Å². The Morgan fingerprint density at radius 3 is 2.76 bits per heavy atom. The summed E-state index contributed by atoms with van der Waals surface area (Å²) in [5.41, 5.74) is 5.89. The fraction of sp³-hybridized carbons (Fsp3) is 0.588. The van der Waals surface area contributed by atoms with Crippen molar-refractivity contribution in [1.29, 1.82) is 0 Å². The number of piperidine rings is 1. The van der Waals surface area contributed by atoms with Gasteiger partial charge in [0.15, 0.2) is 0 Å². The maximum Gasteiger partial charge on any atom is 0.240 e. The van der Waals surface area contributed by atoms with Crippen LogP contribution in [0.2, 0.25) is 0 Å². The number of nitrogens with zero attached hydrogens (tertiary/aromatic N) is 1. The van der Waals surface area contributed by atoms with Gasteiger partial charge in [0.05, 0.1) is 4.90 Å². The third-order valence-corrected chi connectivity index (χ3v) is 6.50. The fourth-order valence-corrected chi connectivity index (χ4v) is 4.99. The second-order valence-electron chi connectivity index (χ2n) is 6.97. The van der Waals surface area contributed by atoms with Gasteiger partial charge in [0, 0.05) is 31.1 Å². The van der Waals surface area contributed by atoms with E-state index in [0.29, 0.717) is 25.9 Å². The van der Waals surface area contributed by atoms with Crippen LogP contribution in [0.15, 0.2) is 29.2 Å². The van der Waals surface area contributed by atoms with Crippen molar-refractivity contribution < 1.29 is 17.6 Å². The van der Waals surface area contributed by atoms with Crippen LogP contribution >= 0.6 is 0 Å². The van der Waals surface area contributed by atoms with Crippen LogP contribution in [0.25, 0.3) is 0 Å². The van der Waals surface area contributed by atoms with Gasteiger partial charge in [-0.2, -0.15) is 0 Å². The number of likely N-dealkylation sites (tertiary alicyclic amines) is 1. The highest BCUT2D eigenvalue weighted by molar-refractivity contribution is 7.89. The van der Waals surface area contributed by atoms with Crippen LogP contribution in [0.4, 0.5) is 4.39 Å². The number of hydrogen-bond acceptors (Lipinski definition) is 4. The molecule has 1 saturated carbocycles. The van der Waals surface area contributed by atoms with Gasteiger partial charge in [-0.1, -0.05) is 6.07 Å². The van der Waals surface area contributed by atoms with Gasteiger partial charge in [0.25, 0.3) is 0 Å². The van der Waals surface area contributed by atoms with E-state index in [0.717, 1.165) is 25.3 Å². The maximum atomic E-state index is 13.3. The lowest BCUT2D eigenvalue weighted by Crippen LogP contribution is -2.50. The van der Waals surface area contributed by atoms with Gasteiger partial charge in [-0.25, -0.2) is 17.5 Å². The van der Waals surface area contributed by atoms with Crippen LogP contribution in [-0.4, -0.2) is 44.4 Å². The van der Waals surface area contributed by atoms with Crippen LogP contribution in [0.5, 0.6) is 0 Å². The predicted molar refractivity (Wildman–Crippen MR) is 91.6 cm³/mol. The number of nitrogens with one attached hydrogen (secondary N) is 1. The van der Waals surface area contributed by atoms with Crippen LogP contribution in [0, 0.1) is 11.7 Å². The summed E-state index contributed by atoms with van der Waals surface area (Å²) in [6, 6.07) is 4.64. The monoisotopic (exact) mass is 369 g/mol. The molecule has 3 unspecified atom stereocenters. The molecule has 2 aliphatic rings. The summed E-state index contributed by atoms with van der Waals surface area (Å²) >= 11 is 0. The minimum absolute atomic E-state index is 0.0476. The van der Waals surface area contributed by atoms with Gasteiger partial charge in [0.1, 0.15) is 5.82 Å². The highest BCUT2D eigenvalue weighted by Gasteiger charge is 2.34. The van der Waals surface area contributed by atoms with Crippen molar-refractivity contribution in [1.82, 2.24) is 9.62 Å². The maximum absolute atomic E-state index is 13.3. The number of benzene rings is 1. The zero-order valence-corrected chi connectivity index (χ0v) is 14.8. The number of hydrogen-bond donors (Lipinski definition) is 2. The van der Waals surface area contributed by atoms with Crippen molar-refractivity contribution in [2.45, 2.75) is 49.1 Å². The summed E-state index contributed by atoms with van der Waals surface area (Å²) in [4.78, 5) is 14.3. The van der Waals surface area contributed by atoms with Crippen molar-refractivity contribution in [3.05, 3.63) is 30.1 Å². The number of halogens is 1. The fourth-order valence-electron chi connectivity index (χ4n) is 3.69. The number of rotatable bonds is 4. The molecule has 1 aliphatic carbocycles. The number of carbonyl (C=O) groups excluding carboxylic acids is 1. The molecule has 0 spiro atoms. The summed E-state index contributed by atoms with van der Waals surface area (Å²) in [6.07, 6.45) is 3.76. The summed E-state index contributed by atoms with van der Waals surface area (Å²) in [5.74, 6) is -0.572. The van der Waals surface area contributed by atoms with Gasteiger partial charge in [0.2, 0.25) is 15.9 Å². The quantitative estimate of drug-likeness (QED) is 0.835. The average molecular weight is 369 g/mol. The molecule has 1 aliphatic heterocycles. The zero-order chi connectivity index (χ0) is 18.0. The molecule has 25 heavy (non-hydrogen) atoms. The lowest BCUT2D eigenvalue weighted by Gasteiger charge is -2.34. The molecule has 8 heteroatoms. The lowest BCUT2D eigenvalue weighted by atomic mass is 10.0. The minimum atomic E-state index is -3.81. The zero-order valence-electron chi connectivity index (χ0n) is 14.0. The summed E-state index contributed by atoms with van der Waals surface area (Å²) in [6.45, 7) is 0.988. The van der Waals surface area contributed by atoms with E-state index in [4.69, 9.17) is 5.73 Å². The van der Waals surface area contributed by atoms with Crippen molar-refractivity contribution in [2.24, 2.45) is 11.7 Å². The molecule has 6 nitrogen and oxygen atoms in total.